The summed E-state index contributed by atoms with van der Waals surface area (Å²) in [6.07, 6.45) is 2.40. The van der Waals surface area contributed by atoms with Gasteiger partial charge in [-0.3, -0.25) is 20.4 Å². The molecule has 28 heavy (non-hydrogen) atoms. The molecule has 0 saturated carbocycles. The normalized spacial score (nSPS) is 11.8. The molecule has 2 amide bonds. The van der Waals surface area contributed by atoms with Crippen LogP contribution < -0.4 is 15.8 Å². The van der Waals surface area contributed by atoms with Gasteiger partial charge < -0.3 is 13.7 Å². The number of nitrogens with one attached hydrogen (secondary N) is 3. The lowest BCUT2D eigenvalue weighted by molar-refractivity contribution is -0.907. The van der Waals surface area contributed by atoms with Crippen LogP contribution in [0.3, 0.4) is 0 Å². The first-order valence-corrected chi connectivity index (χ1v) is 8.99. The van der Waals surface area contributed by atoms with Crippen LogP contribution in [0.15, 0.2) is 57.6 Å². The lowest BCUT2D eigenvalue weighted by atomic mass is 10.2. The predicted molar refractivity (Wildman–Crippen MR) is 98.7 cm³/mol. The van der Waals surface area contributed by atoms with Crippen molar-refractivity contribution in [3.8, 4) is 11.7 Å². The van der Waals surface area contributed by atoms with E-state index in [0.29, 0.717) is 29.6 Å². The quantitative estimate of drug-likeness (QED) is 0.490. The number of hydrazine groups is 1. The average molecular weight is 384 g/mol. The molecule has 1 aromatic carbocycles. The number of amides is 2. The third kappa shape index (κ3) is 5.27. The van der Waals surface area contributed by atoms with Crippen LogP contribution in [-0.2, 0) is 11.3 Å². The Morgan fingerprint density at radius 2 is 1.89 bits per heavy atom. The summed E-state index contributed by atoms with van der Waals surface area (Å²) < 4.78 is 10.8. The Hall–Kier alpha value is -3.46. The van der Waals surface area contributed by atoms with Gasteiger partial charge in [0.25, 0.3) is 23.6 Å². The van der Waals surface area contributed by atoms with Crippen molar-refractivity contribution in [2.75, 3.05) is 13.1 Å². The van der Waals surface area contributed by atoms with E-state index in [1.54, 1.807) is 36.4 Å². The Morgan fingerprint density at radius 3 is 2.61 bits per heavy atom. The molecule has 146 valence electrons. The van der Waals surface area contributed by atoms with Crippen LogP contribution in [0.5, 0.6) is 0 Å². The van der Waals surface area contributed by atoms with Crippen LogP contribution in [0, 0.1) is 0 Å². The molecule has 3 rings (SSSR count). The molecule has 9 nitrogen and oxygen atoms in total. The molecule has 9 heteroatoms. The summed E-state index contributed by atoms with van der Waals surface area (Å²) in [4.78, 5) is 25.1. The van der Waals surface area contributed by atoms with Crippen LogP contribution >= 0.6 is 0 Å². The predicted octanol–water partition coefficient (Wildman–Crippen LogP) is 0.586. The van der Waals surface area contributed by atoms with E-state index in [1.807, 2.05) is 13.0 Å². The van der Waals surface area contributed by atoms with Crippen molar-refractivity contribution in [2.45, 2.75) is 19.9 Å². The Bertz CT molecular complexity index is 892. The van der Waals surface area contributed by atoms with Gasteiger partial charge in [0.15, 0.2) is 18.8 Å². The van der Waals surface area contributed by atoms with Crippen LogP contribution in [0.25, 0.3) is 11.7 Å². The van der Waals surface area contributed by atoms with Crippen molar-refractivity contribution in [1.82, 2.24) is 21.0 Å². The van der Waals surface area contributed by atoms with Crippen molar-refractivity contribution in [3.05, 3.63) is 60.2 Å². The molecular weight excluding hydrogens is 362 g/mol. The molecular formula is C19H22N5O4+. The molecule has 0 bridgehead atoms. The topological polar surface area (TPSA) is 115 Å². The average Bonchev–Trinajstić information content (AvgIpc) is 3.39. The second kappa shape index (κ2) is 9.47. The minimum absolute atomic E-state index is 0.154. The zero-order valence-electron chi connectivity index (χ0n) is 15.5. The van der Waals surface area contributed by atoms with Crippen molar-refractivity contribution in [1.29, 1.82) is 0 Å². The molecule has 0 spiro atoms. The first-order chi connectivity index (χ1) is 13.7. The first-order valence-electron chi connectivity index (χ1n) is 8.99. The highest BCUT2D eigenvalue weighted by atomic mass is 16.4. The van der Waals surface area contributed by atoms with Crippen molar-refractivity contribution in [3.63, 3.8) is 0 Å². The second-order valence-electron chi connectivity index (χ2n) is 6.20. The maximum absolute atomic E-state index is 12.2. The standard InChI is InChI=1S/C19H21N5O4/c1-2-10-24(13-17-21-23-19(28-17)15-9-6-11-27-15)12-16(25)20-22-18(26)14-7-4-3-5-8-14/h3-9,11H,2,10,12-13H2,1H3,(H,20,25)(H,22,26)/p+1. The largest absolute Gasteiger partial charge is 0.459 e. The summed E-state index contributed by atoms with van der Waals surface area (Å²) in [7, 11) is 0. The molecule has 0 aliphatic rings. The van der Waals surface area contributed by atoms with Crippen molar-refractivity contribution >= 4 is 11.8 Å². The molecule has 2 heterocycles. The smallest absolute Gasteiger partial charge is 0.293 e. The number of furan rings is 1. The van der Waals surface area contributed by atoms with Crippen LogP contribution in [0.2, 0.25) is 0 Å². The van der Waals surface area contributed by atoms with Gasteiger partial charge in [-0.05, 0) is 30.7 Å². The van der Waals surface area contributed by atoms with Gasteiger partial charge in [0.05, 0.1) is 12.8 Å². The Labute approximate surface area is 161 Å². The van der Waals surface area contributed by atoms with Crippen LogP contribution in [0.4, 0.5) is 0 Å². The van der Waals surface area contributed by atoms with E-state index in [9.17, 15) is 9.59 Å². The number of aromatic nitrogens is 2. The summed E-state index contributed by atoms with van der Waals surface area (Å²) in [5, 5.41) is 7.98. The van der Waals surface area contributed by atoms with E-state index in [0.717, 1.165) is 17.9 Å². The molecule has 3 aromatic rings. The van der Waals surface area contributed by atoms with Gasteiger partial charge in [-0.1, -0.05) is 25.1 Å². The highest BCUT2D eigenvalue weighted by Gasteiger charge is 2.19. The van der Waals surface area contributed by atoms with E-state index in [4.69, 9.17) is 8.83 Å². The number of rotatable bonds is 8. The summed E-state index contributed by atoms with van der Waals surface area (Å²) >= 11 is 0. The van der Waals surface area contributed by atoms with E-state index in [2.05, 4.69) is 21.0 Å². The third-order valence-electron chi connectivity index (χ3n) is 3.97. The van der Waals surface area contributed by atoms with Gasteiger partial charge >= 0.3 is 0 Å². The van der Waals surface area contributed by atoms with Gasteiger partial charge in [-0.15, -0.1) is 10.2 Å². The zero-order chi connectivity index (χ0) is 19.8. The van der Waals surface area contributed by atoms with E-state index < -0.39 is 0 Å². The lowest BCUT2D eigenvalue weighted by Crippen LogP contribution is -3.12. The van der Waals surface area contributed by atoms with Gasteiger partial charge in [0, 0.05) is 5.56 Å². The summed E-state index contributed by atoms with van der Waals surface area (Å²) in [5.74, 6) is 0.535. The molecule has 0 aliphatic carbocycles. The molecule has 2 aromatic heterocycles. The minimum atomic E-state index is -0.369. The second-order valence-corrected chi connectivity index (χ2v) is 6.20. The van der Waals surface area contributed by atoms with E-state index in [1.165, 1.54) is 6.26 Å². The van der Waals surface area contributed by atoms with Gasteiger partial charge in [0.1, 0.15) is 0 Å². The number of hydrogen-bond donors (Lipinski definition) is 3. The summed E-state index contributed by atoms with van der Waals surface area (Å²) in [6.45, 7) is 3.30. The molecule has 0 radical (unpaired) electrons. The van der Waals surface area contributed by atoms with Gasteiger partial charge in [-0.25, -0.2) is 0 Å². The van der Waals surface area contributed by atoms with Crippen molar-refractivity contribution < 1.29 is 23.3 Å². The number of hydrogen-bond acceptors (Lipinski definition) is 6. The highest BCUT2D eigenvalue weighted by molar-refractivity contribution is 5.95. The maximum atomic E-state index is 12.2. The fourth-order valence-electron chi connectivity index (χ4n) is 2.69. The minimum Gasteiger partial charge on any atom is -0.459 e. The summed E-state index contributed by atoms with van der Waals surface area (Å²) in [5.41, 5.74) is 5.33. The van der Waals surface area contributed by atoms with Gasteiger partial charge in [-0.2, -0.15) is 0 Å². The molecule has 0 aliphatic heterocycles. The van der Waals surface area contributed by atoms with Crippen molar-refractivity contribution in [2.24, 2.45) is 0 Å². The highest BCUT2D eigenvalue weighted by Crippen LogP contribution is 2.17. The Morgan fingerprint density at radius 1 is 1.07 bits per heavy atom. The number of quaternary nitrogens is 1. The Kier molecular flexibility index (Phi) is 6.53. The fraction of sp³-hybridized carbons (Fsp3) is 0.263. The maximum Gasteiger partial charge on any atom is 0.293 e. The number of carbonyl (C=O) groups excluding carboxylic acids is 2. The molecule has 0 fully saturated rings. The van der Waals surface area contributed by atoms with E-state index in [-0.39, 0.29) is 18.4 Å². The molecule has 1 unspecified atom stereocenters. The van der Waals surface area contributed by atoms with Crippen LogP contribution in [0.1, 0.15) is 29.6 Å². The SMILES string of the molecule is CCC[NH+](CC(=O)NNC(=O)c1ccccc1)Cc1nnc(-c2ccco2)o1. The summed E-state index contributed by atoms with van der Waals surface area (Å²) in [6, 6.07) is 12.1. The lowest BCUT2D eigenvalue weighted by Gasteiger charge is -2.16. The molecule has 0 saturated heterocycles. The third-order valence-corrected chi connectivity index (χ3v) is 3.97. The monoisotopic (exact) mass is 384 g/mol. The first kappa shape index (κ1) is 19.3. The number of nitrogens with zero attached hydrogens (tertiary/aromatic N) is 2. The molecule has 3 N–H and O–H groups in total. The Balaban J connectivity index is 1.52. The molecule has 1 atom stereocenters. The number of benzene rings is 1. The number of carbonyl (C=O) groups is 2. The zero-order valence-corrected chi connectivity index (χ0v) is 15.5. The fourth-order valence-corrected chi connectivity index (χ4v) is 2.69. The van der Waals surface area contributed by atoms with Crippen LogP contribution in [-0.4, -0.2) is 35.1 Å². The van der Waals surface area contributed by atoms with Gasteiger partial charge in [0.2, 0.25) is 0 Å². The van der Waals surface area contributed by atoms with E-state index >= 15 is 0 Å².